The molecule has 1 aliphatic heterocycles. The normalized spacial score (nSPS) is 16.5. The highest BCUT2D eigenvalue weighted by atomic mass is 32.2. The van der Waals surface area contributed by atoms with Crippen LogP contribution in [-0.2, 0) is 23.2 Å². The van der Waals surface area contributed by atoms with Gasteiger partial charge in [-0.3, -0.25) is 4.90 Å². The van der Waals surface area contributed by atoms with Gasteiger partial charge < -0.3 is 4.57 Å². The summed E-state index contributed by atoms with van der Waals surface area (Å²) in [6, 6.07) is 7.03. The molecule has 154 valence electrons. The Balaban J connectivity index is 1.57. The molecule has 3 rings (SSSR count). The second-order valence-electron chi connectivity index (χ2n) is 7.29. The molecule has 1 saturated heterocycles. The first kappa shape index (κ1) is 21.2. The third-order valence-corrected chi connectivity index (χ3v) is 7.48. The number of hydrogen-bond donors (Lipinski definition) is 0. The van der Waals surface area contributed by atoms with Crippen molar-refractivity contribution in [1.82, 2.24) is 23.6 Å². The number of nitrogens with zero attached hydrogens (tertiary/aromatic N) is 5. The number of hydrogen-bond acceptors (Lipinski definition) is 5. The summed E-state index contributed by atoms with van der Waals surface area (Å²) in [6.45, 7) is 7.90. The number of piperazine rings is 1. The summed E-state index contributed by atoms with van der Waals surface area (Å²) in [6.07, 6.45) is 5.27. The van der Waals surface area contributed by atoms with E-state index in [1.807, 2.05) is 28.3 Å². The zero-order chi connectivity index (χ0) is 20.1. The van der Waals surface area contributed by atoms with Gasteiger partial charge in [-0.25, -0.2) is 13.1 Å². The average molecular weight is 424 g/mol. The average Bonchev–Trinajstić information content (AvgIpc) is 3.03. The molecule has 1 aromatic heterocycles. The van der Waals surface area contributed by atoms with Crippen molar-refractivity contribution in [2.45, 2.75) is 51.2 Å². The Labute approximate surface area is 172 Å². The summed E-state index contributed by atoms with van der Waals surface area (Å²) in [5.74, 6) is 0. The molecule has 0 atom stereocenters. The van der Waals surface area contributed by atoms with Gasteiger partial charge >= 0.3 is 0 Å². The largest absolute Gasteiger partial charge is 0.307 e. The van der Waals surface area contributed by atoms with Gasteiger partial charge in [-0.1, -0.05) is 37.5 Å². The smallest absolute Gasteiger partial charge is 0.243 e. The van der Waals surface area contributed by atoms with Gasteiger partial charge in [0.2, 0.25) is 10.0 Å². The maximum Gasteiger partial charge on any atom is 0.243 e. The van der Waals surface area contributed by atoms with Gasteiger partial charge in [0.1, 0.15) is 6.33 Å². The quantitative estimate of drug-likeness (QED) is 0.483. The zero-order valence-corrected chi connectivity index (χ0v) is 18.3. The zero-order valence-electron chi connectivity index (χ0n) is 16.6. The van der Waals surface area contributed by atoms with Crippen LogP contribution in [0.3, 0.4) is 0 Å². The lowest BCUT2D eigenvalue weighted by molar-refractivity contribution is 0.144. The molecule has 1 aromatic carbocycles. The maximum absolute atomic E-state index is 12.8. The van der Waals surface area contributed by atoms with Crippen molar-refractivity contribution in [3.05, 3.63) is 40.9 Å². The second kappa shape index (κ2) is 9.30. The fourth-order valence-electron chi connectivity index (χ4n) is 3.31. The lowest BCUT2D eigenvalue weighted by Crippen LogP contribution is -2.48. The van der Waals surface area contributed by atoms with Crippen LogP contribution >= 0.6 is 12.2 Å². The summed E-state index contributed by atoms with van der Waals surface area (Å²) < 4.78 is 31.8. The molecule has 7 nitrogen and oxygen atoms in total. The van der Waals surface area contributed by atoms with Crippen molar-refractivity contribution < 1.29 is 8.42 Å². The van der Waals surface area contributed by atoms with Crippen molar-refractivity contribution in [3.8, 4) is 0 Å². The van der Waals surface area contributed by atoms with E-state index in [1.165, 1.54) is 12.8 Å². The van der Waals surface area contributed by atoms with Crippen LogP contribution < -0.4 is 0 Å². The van der Waals surface area contributed by atoms with E-state index in [9.17, 15) is 8.42 Å². The van der Waals surface area contributed by atoms with Crippen LogP contribution in [0, 0.1) is 11.7 Å². The third kappa shape index (κ3) is 4.89. The molecule has 0 radical (unpaired) electrons. The first-order valence-electron chi connectivity index (χ1n) is 9.83. The summed E-state index contributed by atoms with van der Waals surface area (Å²) in [4.78, 5) is 2.56. The van der Waals surface area contributed by atoms with Gasteiger partial charge in [0.15, 0.2) is 4.77 Å². The molecule has 2 aromatic rings. The first-order valence-corrected chi connectivity index (χ1v) is 11.7. The van der Waals surface area contributed by atoms with Crippen molar-refractivity contribution in [1.29, 1.82) is 0 Å². The van der Waals surface area contributed by atoms with Crippen LogP contribution in [0.25, 0.3) is 0 Å². The van der Waals surface area contributed by atoms with Crippen molar-refractivity contribution >= 4 is 22.2 Å². The minimum atomic E-state index is -3.43. The van der Waals surface area contributed by atoms with E-state index in [4.69, 9.17) is 12.2 Å². The van der Waals surface area contributed by atoms with Crippen LogP contribution in [0.2, 0.25) is 0 Å². The number of aromatic nitrogens is 3. The van der Waals surface area contributed by atoms with E-state index in [0.29, 0.717) is 37.7 Å². The SMILES string of the molecule is CCCCCn1cnn(CN2CCN(S(=O)(=O)c3ccc(C)cc3)CC2)c1=S. The Morgan fingerprint density at radius 1 is 1.07 bits per heavy atom. The molecule has 0 unspecified atom stereocenters. The standard InChI is InChI=1S/C19H29N5O2S2/c1-3-4-5-10-22-15-20-24(19(22)27)16-21-11-13-23(14-12-21)28(25,26)18-8-6-17(2)7-9-18/h6-9,15H,3-5,10-14,16H2,1-2H3. The summed E-state index contributed by atoms with van der Waals surface area (Å²) in [5, 5.41) is 4.41. The fraction of sp³-hybridized carbons (Fsp3) is 0.579. The first-order chi connectivity index (χ1) is 13.4. The van der Waals surface area contributed by atoms with E-state index >= 15 is 0 Å². The predicted octanol–water partition coefficient (Wildman–Crippen LogP) is 2.88. The Bertz CT molecular complexity index is 926. The van der Waals surface area contributed by atoms with Crippen molar-refractivity contribution in [2.24, 2.45) is 0 Å². The number of aryl methyl sites for hydroxylation is 2. The number of benzene rings is 1. The molecular weight excluding hydrogens is 394 g/mol. The van der Waals surface area contributed by atoms with Gasteiger partial charge in [0, 0.05) is 32.7 Å². The van der Waals surface area contributed by atoms with Gasteiger partial charge in [-0.15, -0.1) is 0 Å². The van der Waals surface area contributed by atoms with E-state index in [1.54, 1.807) is 22.8 Å². The molecule has 1 aliphatic rings. The third-order valence-electron chi connectivity index (χ3n) is 5.12. The van der Waals surface area contributed by atoms with Crippen LogP contribution in [0.15, 0.2) is 35.5 Å². The Morgan fingerprint density at radius 3 is 2.39 bits per heavy atom. The number of sulfonamides is 1. The van der Waals surface area contributed by atoms with Gasteiger partial charge in [-0.2, -0.15) is 9.40 Å². The summed E-state index contributed by atoms with van der Waals surface area (Å²) >= 11 is 5.53. The topological polar surface area (TPSA) is 63.4 Å². The van der Waals surface area contributed by atoms with Crippen LogP contribution in [0.4, 0.5) is 0 Å². The molecule has 2 heterocycles. The minimum Gasteiger partial charge on any atom is -0.307 e. The van der Waals surface area contributed by atoms with Crippen LogP contribution in [0.5, 0.6) is 0 Å². The molecule has 0 aliphatic carbocycles. The minimum absolute atomic E-state index is 0.361. The van der Waals surface area contributed by atoms with E-state index in [-0.39, 0.29) is 0 Å². The summed E-state index contributed by atoms with van der Waals surface area (Å²) in [5.41, 5.74) is 1.05. The molecule has 0 saturated carbocycles. The van der Waals surface area contributed by atoms with Crippen molar-refractivity contribution in [2.75, 3.05) is 26.2 Å². The maximum atomic E-state index is 12.8. The highest BCUT2D eigenvalue weighted by Gasteiger charge is 2.28. The van der Waals surface area contributed by atoms with Gasteiger partial charge in [0.25, 0.3) is 0 Å². The van der Waals surface area contributed by atoms with Crippen LogP contribution in [0.1, 0.15) is 31.7 Å². The molecule has 9 heteroatoms. The molecule has 28 heavy (non-hydrogen) atoms. The second-order valence-corrected chi connectivity index (χ2v) is 9.59. The Hall–Kier alpha value is -1.55. The van der Waals surface area contributed by atoms with E-state index < -0.39 is 10.0 Å². The van der Waals surface area contributed by atoms with Gasteiger partial charge in [-0.05, 0) is 37.7 Å². The molecular formula is C19H29N5O2S2. The predicted molar refractivity (Wildman–Crippen MR) is 112 cm³/mol. The monoisotopic (exact) mass is 423 g/mol. The van der Waals surface area contributed by atoms with E-state index in [2.05, 4.69) is 16.9 Å². The van der Waals surface area contributed by atoms with Gasteiger partial charge in [0.05, 0.1) is 11.6 Å². The molecule has 0 N–H and O–H groups in total. The fourth-order valence-corrected chi connectivity index (χ4v) is 4.98. The van der Waals surface area contributed by atoms with E-state index in [0.717, 1.165) is 23.3 Å². The molecule has 1 fully saturated rings. The Morgan fingerprint density at radius 2 is 1.75 bits per heavy atom. The lowest BCUT2D eigenvalue weighted by atomic mass is 10.2. The number of unbranched alkanes of at least 4 members (excludes halogenated alkanes) is 2. The van der Waals surface area contributed by atoms with Crippen LogP contribution in [-0.4, -0.2) is 58.1 Å². The molecule has 0 amide bonds. The highest BCUT2D eigenvalue weighted by Crippen LogP contribution is 2.18. The molecule has 0 bridgehead atoms. The Kier molecular flexibility index (Phi) is 7.03. The molecule has 0 spiro atoms. The highest BCUT2D eigenvalue weighted by molar-refractivity contribution is 7.89. The number of rotatable bonds is 8. The summed E-state index contributed by atoms with van der Waals surface area (Å²) in [7, 11) is -3.43. The lowest BCUT2D eigenvalue weighted by Gasteiger charge is -2.33. The van der Waals surface area contributed by atoms with Crippen molar-refractivity contribution in [3.63, 3.8) is 0 Å².